The molecule has 2 heterocycles. The largest absolute Gasteiger partial charge is 0.491 e. The molecule has 1 saturated heterocycles. The van der Waals surface area contributed by atoms with Crippen LogP contribution in [0.15, 0.2) is 24.8 Å². The number of methoxy groups -OCH3 is 1. The fraction of sp³-hybridized carbons (Fsp3) is 0.400. The average Bonchev–Trinajstić information content (AvgIpc) is 3.09. The molecule has 0 atom stereocenters. The van der Waals surface area contributed by atoms with Crippen molar-refractivity contribution in [1.82, 2.24) is 19.7 Å². The lowest BCUT2D eigenvalue weighted by atomic mass is 10.1. The molecule has 0 saturated carbocycles. The highest BCUT2D eigenvalue weighted by Crippen LogP contribution is 2.26. The molecule has 128 valence electrons. The molecule has 0 unspecified atom stereocenters. The number of carbonyl (C=O) groups is 1. The first kappa shape index (κ1) is 16.2. The van der Waals surface area contributed by atoms with Crippen LogP contribution in [0.3, 0.4) is 0 Å². The summed E-state index contributed by atoms with van der Waals surface area (Å²) in [7, 11) is 1.18. The van der Waals surface area contributed by atoms with Gasteiger partial charge < -0.3 is 15.0 Å². The molecule has 1 aromatic carbocycles. The van der Waals surface area contributed by atoms with Crippen LogP contribution in [0.1, 0.15) is 18.9 Å². The van der Waals surface area contributed by atoms with Gasteiger partial charge in [0.05, 0.1) is 13.2 Å². The fourth-order valence-electron chi connectivity index (χ4n) is 2.77. The van der Waals surface area contributed by atoms with E-state index in [0.29, 0.717) is 13.1 Å². The number of likely N-dealkylation sites (tertiary alicyclic amines) is 1. The van der Waals surface area contributed by atoms with E-state index in [2.05, 4.69) is 20.1 Å². The molecule has 2 amide bonds. The third-order valence-corrected chi connectivity index (χ3v) is 4.02. The third kappa shape index (κ3) is 3.29. The molecule has 3 rings (SSSR count). The first-order chi connectivity index (χ1) is 11.6. The van der Waals surface area contributed by atoms with E-state index in [-0.39, 0.29) is 11.7 Å². The lowest BCUT2D eigenvalue weighted by molar-refractivity contribution is 0.180. The molecule has 0 bridgehead atoms. The van der Waals surface area contributed by atoms with Crippen molar-refractivity contribution in [2.75, 3.05) is 25.5 Å². The van der Waals surface area contributed by atoms with Crippen molar-refractivity contribution in [3.05, 3.63) is 36.4 Å². The number of amides is 2. The van der Waals surface area contributed by atoms with E-state index in [0.717, 1.165) is 25.0 Å². The summed E-state index contributed by atoms with van der Waals surface area (Å²) < 4.78 is 33.7. The zero-order chi connectivity index (χ0) is 17.1. The zero-order valence-electron chi connectivity index (χ0n) is 13.1. The van der Waals surface area contributed by atoms with Crippen LogP contribution in [0.25, 0.3) is 0 Å². The lowest BCUT2D eigenvalue weighted by Crippen LogP contribution is -2.41. The van der Waals surface area contributed by atoms with E-state index in [1.165, 1.54) is 13.4 Å². The molecule has 2 aromatic rings. The Bertz CT molecular complexity index is 692. The van der Waals surface area contributed by atoms with Gasteiger partial charge in [-0.15, -0.1) is 0 Å². The van der Waals surface area contributed by atoms with E-state index in [4.69, 9.17) is 0 Å². The number of ether oxygens (including phenoxy) is 1. The Balaban J connectivity index is 1.60. The van der Waals surface area contributed by atoms with Gasteiger partial charge in [0.15, 0.2) is 17.4 Å². The van der Waals surface area contributed by atoms with Gasteiger partial charge in [0.2, 0.25) is 0 Å². The molecular formula is C15H17F2N5O2. The van der Waals surface area contributed by atoms with Gasteiger partial charge in [0, 0.05) is 30.9 Å². The molecular weight excluding hydrogens is 320 g/mol. The first-order valence-electron chi connectivity index (χ1n) is 7.51. The van der Waals surface area contributed by atoms with Gasteiger partial charge in [-0.25, -0.2) is 23.2 Å². The van der Waals surface area contributed by atoms with Crippen molar-refractivity contribution < 1.29 is 18.3 Å². The SMILES string of the molecule is COc1c(F)cc(NC(=O)N2CCC(n3cncn3)CC2)cc1F. The van der Waals surface area contributed by atoms with Crippen molar-refractivity contribution in [2.45, 2.75) is 18.9 Å². The van der Waals surface area contributed by atoms with E-state index in [9.17, 15) is 13.6 Å². The van der Waals surface area contributed by atoms with Gasteiger partial charge in [-0.1, -0.05) is 0 Å². The summed E-state index contributed by atoms with van der Waals surface area (Å²) in [6, 6.07) is 1.87. The monoisotopic (exact) mass is 337 g/mol. The van der Waals surface area contributed by atoms with Crippen molar-refractivity contribution >= 4 is 11.7 Å². The minimum Gasteiger partial charge on any atom is -0.491 e. The predicted molar refractivity (Wildman–Crippen MR) is 81.8 cm³/mol. The van der Waals surface area contributed by atoms with E-state index in [1.807, 2.05) is 0 Å². The summed E-state index contributed by atoms with van der Waals surface area (Å²) in [5.74, 6) is -2.20. The minimum atomic E-state index is -0.863. The highest BCUT2D eigenvalue weighted by atomic mass is 19.1. The molecule has 1 aliphatic heterocycles. The van der Waals surface area contributed by atoms with Crippen molar-refractivity contribution in [3.63, 3.8) is 0 Å². The number of benzene rings is 1. The Morgan fingerprint density at radius 2 is 1.96 bits per heavy atom. The number of hydrogen-bond donors (Lipinski definition) is 1. The average molecular weight is 337 g/mol. The van der Waals surface area contributed by atoms with Gasteiger partial charge in [0.1, 0.15) is 12.7 Å². The molecule has 1 N–H and O–H groups in total. The smallest absolute Gasteiger partial charge is 0.321 e. The Kier molecular flexibility index (Phi) is 4.59. The number of rotatable bonds is 3. The van der Waals surface area contributed by atoms with E-state index in [1.54, 1.807) is 15.9 Å². The second-order valence-corrected chi connectivity index (χ2v) is 5.50. The van der Waals surface area contributed by atoms with Gasteiger partial charge >= 0.3 is 6.03 Å². The number of halogens is 2. The summed E-state index contributed by atoms with van der Waals surface area (Å²) in [6.45, 7) is 1.05. The van der Waals surface area contributed by atoms with Crippen LogP contribution < -0.4 is 10.1 Å². The lowest BCUT2D eigenvalue weighted by Gasteiger charge is -2.31. The van der Waals surface area contributed by atoms with E-state index < -0.39 is 23.4 Å². The van der Waals surface area contributed by atoms with Gasteiger partial charge in [0.25, 0.3) is 0 Å². The molecule has 0 radical (unpaired) electrons. The van der Waals surface area contributed by atoms with Gasteiger partial charge in [-0.2, -0.15) is 5.10 Å². The van der Waals surface area contributed by atoms with Crippen LogP contribution in [-0.4, -0.2) is 45.9 Å². The Labute approximate surface area is 137 Å². The van der Waals surface area contributed by atoms with Crippen molar-refractivity contribution in [3.8, 4) is 5.75 Å². The number of nitrogens with one attached hydrogen (secondary N) is 1. The summed E-state index contributed by atoms with van der Waals surface area (Å²) >= 11 is 0. The predicted octanol–water partition coefficient (Wildman–Crippen LogP) is 2.43. The maximum absolute atomic E-state index is 13.7. The maximum Gasteiger partial charge on any atom is 0.321 e. The normalized spacial score (nSPS) is 15.4. The van der Waals surface area contributed by atoms with Crippen LogP contribution in [0, 0.1) is 11.6 Å². The zero-order valence-corrected chi connectivity index (χ0v) is 13.1. The second-order valence-electron chi connectivity index (χ2n) is 5.50. The molecule has 1 aromatic heterocycles. The highest BCUT2D eigenvalue weighted by molar-refractivity contribution is 5.89. The number of urea groups is 1. The molecule has 1 aliphatic rings. The van der Waals surface area contributed by atoms with Crippen molar-refractivity contribution in [1.29, 1.82) is 0 Å². The Hall–Kier alpha value is -2.71. The Morgan fingerprint density at radius 3 is 2.50 bits per heavy atom. The van der Waals surface area contributed by atoms with E-state index >= 15 is 0 Å². The van der Waals surface area contributed by atoms with Crippen molar-refractivity contribution in [2.24, 2.45) is 0 Å². The highest BCUT2D eigenvalue weighted by Gasteiger charge is 2.24. The summed E-state index contributed by atoms with van der Waals surface area (Å²) in [5.41, 5.74) is 0.0502. The summed E-state index contributed by atoms with van der Waals surface area (Å²) in [5, 5.41) is 6.62. The fourth-order valence-corrected chi connectivity index (χ4v) is 2.77. The summed E-state index contributed by atoms with van der Waals surface area (Å²) in [4.78, 5) is 17.8. The number of anilines is 1. The maximum atomic E-state index is 13.7. The number of aromatic nitrogens is 3. The first-order valence-corrected chi connectivity index (χ1v) is 7.51. The number of carbonyl (C=O) groups excluding carboxylic acids is 1. The van der Waals surface area contributed by atoms with Crippen LogP contribution in [0.5, 0.6) is 5.75 Å². The molecule has 7 nitrogen and oxygen atoms in total. The standard InChI is InChI=1S/C15H17F2N5O2/c1-24-14-12(16)6-10(7-13(14)17)20-15(23)21-4-2-11(3-5-21)22-9-18-8-19-22/h6-9,11H,2-5H2,1H3,(H,20,23). The Morgan fingerprint density at radius 1 is 1.29 bits per heavy atom. The number of piperidine rings is 1. The number of hydrogen-bond acceptors (Lipinski definition) is 4. The van der Waals surface area contributed by atoms with Crippen LogP contribution in [0.2, 0.25) is 0 Å². The second kappa shape index (κ2) is 6.81. The molecule has 0 aliphatic carbocycles. The third-order valence-electron chi connectivity index (χ3n) is 4.02. The van der Waals surface area contributed by atoms with Gasteiger partial charge in [-0.05, 0) is 12.8 Å². The molecule has 9 heteroatoms. The van der Waals surface area contributed by atoms with Gasteiger partial charge in [-0.3, -0.25) is 0 Å². The molecule has 24 heavy (non-hydrogen) atoms. The topological polar surface area (TPSA) is 72.3 Å². The quantitative estimate of drug-likeness (QED) is 0.934. The molecule has 0 spiro atoms. The van der Waals surface area contributed by atoms with Crippen LogP contribution in [-0.2, 0) is 0 Å². The minimum absolute atomic E-state index is 0.0502. The number of nitrogens with zero attached hydrogens (tertiary/aromatic N) is 4. The van der Waals surface area contributed by atoms with Crippen LogP contribution >= 0.6 is 0 Å². The summed E-state index contributed by atoms with van der Waals surface area (Å²) in [6.07, 6.45) is 4.61. The van der Waals surface area contributed by atoms with Crippen LogP contribution in [0.4, 0.5) is 19.3 Å². The molecule has 1 fully saturated rings.